The van der Waals surface area contributed by atoms with Crippen molar-refractivity contribution in [3.63, 3.8) is 0 Å². The van der Waals surface area contributed by atoms with E-state index in [1.165, 1.54) is 17.4 Å². The van der Waals surface area contributed by atoms with E-state index in [0.29, 0.717) is 52.2 Å². The Morgan fingerprint density at radius 2 is 1.90 bits per heavy atom. The minimum atomic E-state index is -0.955. The summed E-state index contributed by atoms with van der Waals surface area (Å²) in [5, 5.41) is 8.57. The van der Waals surface area contributed by atoms with Gasteiger partial charge in [-0.05, 0) is 70.4 Å². The van der Waals surface area contributed by atoms with Gasteiger partial charge in [0.25, 0.3) is 11.8 Å². The van der Waals surface area contributed by atoms with Gasteiger partial charge in [0.1, 0.15) is 6.61 Å². The number of amides is 2. The van der Waals surface area contributed by atoms with Crippen LogP contribution in [0, 0.1) is 11.6 Å². The Hall–Kier alpha value is -3.28. The summed E-state index contributed by atoms with van der Waals surface area (Å²) < 4.78 is 36.4. The summed E-state index contributed by atoms with van der Waals surface area (Å²) >= 11 is 10.7. The largest absolute Gasteiger partial charge is 0.481 e. The van der Waals surface area contributed by atoms with Crippen LogP contribution in [-0.4, -0.2) is 52.2 Å². The van der Waals surface area contributed by atoms with Gasteiger partial charge in [-0.1, -0.05) is 29.0 Å². The summed E-state index contributed by atoms with van der Waals surface area (Å²) in [5.74, 6) is -2.78. The number of rotatable bonds is 4. The molecule has 2 aliphatic rings. The molecule has 6 rings (SSSR count). The molecule has 40 heavy (non-hydrogen) atoms. The number of nitrogens with zero attached hydrogens (tertiary/aromatic N) is 3. The Morgan fingerprint density at radius 1 is 1.10 bits per heavy atom. The smallest absolute Gasteiger partial charge is 0.261 e. The molecule has 1 N–H and O–H groups in total. The Morgan fingerprint density at radius 3 is 2.67 bits per heavy atom. The van der Waals surface area contributed by atoms with Crippen LogP contribution in [0.1, 0.15) is 37.9 Å². The Labute approximate surface area is 245 Å². The number of carbonyl (C=O) groups is 2. The first-order chi connectivity index (χ1) is 19.3. The quantitative estimate of drug-likeness (QED) is 0.289. The first-order valence-electron chi connectivity index (χ1n) is 12.6. The lowest BCUT2D eigenvalue weighted by Gasteiger charge is -2.39. The maximum Gasteiger partial charge on any atom is 0.261 e. The van der Waals surface area contributed by atoms with Crippen LogP contribution in [0.25, 0.3) is 11.3 Å². The van der Waals surface area contributed by atoms with E-state index in [-0.39, 0.29) is 24.3 Å². The summed E-state index contributed by atoms with van der Waals surface area (Å²) in [6, 6.07) is 11.6. The fourth-order valence-electron chi connectivity index (χ4n) is 5.22. The zero-order valence-corrected chi connectivity index (χ0v) is 24.0. The number of aromatic nitrogens is 2. The van der Waals surface area contributed by atoms with E-state index in [0.717, 1.165) is 27.9 Å². The number of likely N-dealkylation sites (tertiary alicyclic amines) is 1. The lowest BCUT2D eigenvalue weighted by Crippen LogP contribution is -2.53. The molecule has 0 saturated carbocycles. The molecule has 1 fully saturated rings. The molecule has 0 bridgehead atoms. The highest BCUT2D eigenvalue weighted by molar-refractivity contribution is 9.10. The number of ether oxygens (including phenoxy) is 1. The molecule has 2 amide bonds. The van der Waals surface area contributed by atoms with Crippen LogP contribution < -0.4 is 10.1 Å². The van der Waals surface area contributed by atoms with E-state index in [9.17, 15) is 18.4 Å². The molecule has 2 aliphatic heterocycles. The van der Waals surface area contributed by atoms with Crippen molar-refractivity contribution in [3.05, 3.63) is 91.9 Å². The van der Waals surface area contributed by atoms with Crippen molar-refractivity contribution in [2.75, 3.05) is 19.7 Å². The number of nitrogens with one attached hydrogen (secondary N) is 1. The average Bonchev–Trinajstić information content (AvgIpc) is 3.48. The molecule has 4 heterocycles. The van der Waals surface area contributed by atoms with Gasteiger partial charge in [0, 0.05) is 29.6 Å². The fraction of sp³-hybridized carbons (Fsp3) is 0.250. The van der Waals surface area contributed by atoms with Gasteiger partial charge >= 0.3 is 0 Å². The highest BCUT2D eigenvalue weighted by Crippen LogP contribution is 2.43. The van der Waals surface area contributed by atoms with E-state index in [1.807, 2.05) is 4.68 Å². The van der Waals surface area contributed by atoms with Crippen molar-refractivity contribution in [2.45, 2.75) is 24.9 Å². The van der Waals surface area contributed by atoms with Gasteiger partial charge in [-0.2, -0.15) is 5.10 Å². The zero-order valence-electron chi connectivity index (χ0n) is 20.9. The monoisotopic (exact) mass is 646 g/mol. The first kappa shape index (κ1) is 26.9. The van der Waals surface area contributed by atoms with E-state index < -0.39 is 17.7 Å². The predicted octanol–water partition coefficient (Wildman–Crippen LogP) is 6.13. The van der Waals surface area contributed by atoms with Gasteiger partial charge in [0.2, 0.25) is 0 Å². The van der Waals surface area contributed by atoms with E-state index in [4.69, 9.17) is 16.3 Å². The average molecular weight is 648 g/mol. The lowest BCUT2D eigenvalue weighted by atomic mass is 9.84. The molecule has 0 radical (unpaired) electrons. The second-order valence-electron chi connectivity index (χ2n) is 9.63. The molecule has 2 atom stereocenters. The molecule has 0 aliphatic carbocycles. The normalized spacial score (nSPS) is 18.4. The number of benzene rings is 2. The number of fused-ring (bicyclic) bond motifs is 3. The minimum absolute atomic E-state index is 0.191. The summed E-state index contributed by atoms with van der Waals surface area (Å²) in [7, 11) is 0. The van der Waals surface area contributed by atoms with Crippen molar-refractivity contribution < 1.29 is 23.1 Å². The van der Waals surface area contributed by atoms with E-state index in [1.54, 1.807) is 41.4 Å². The third-order valence-corrected chi connectivity index (χ3v) is 9.07. The van der Waals surface area contributed by atoms with Gasteiger partial charge in [-0.3, -0.25) is 14.3 Å². The Balaban J connectivity index is 1.29. The van der Waals surface area contributed by atoms with Crippen molar-refractivity contribution in [1.82, 2.24) is 20.0 Å². The topological polar surface area (TPSA) is 76.5 Å². The predicted molar refractivity (Wildman–Crippen MR) is 151 cm³/mol. The second kappa shape index (κ2) is 10.9. The first-order valence-corrected chi connectivity index (χ1v) is 14.6. The van der Waals surface area contributed by atoms with Crippen LogP contribution in [0.15, 0.2) is 59.2 Å². The molecule has 7 nitrogen and oxygen atoms in total. The van der Waals surface area contributed by atoms with E-state index in [2.05, 4.69) is 26.3 Å². The summed E-state index contributed by atoms with van der Waals surface area (Å²) in [5.41, 5.74) is 2.63. The van der Waals surface area contributed by atoms with Crippen molar-refractivity contribution in [3.8, 4) is 16.3 Å². The molecule has 2 aromatic carbocycles. The van der Waals surface area contributed by atoms with Crippen molar-refractivity contribution >= 4 is 50.7 Å². The third-order valence-electron chi connectivity index (χ3n) is 7.19. The lowest BCUT2D eigenvalue weighted by molar-refractivity contribution is 0.0655. The molecule has 4 aromatic rings. The Kier molecular flexibility index (Phi) is 7.37. The van der Waals surface area contributed by atoms with Crippen LogP contribution >= 0.6 is 38.9 Å². The standard InChI is InChI=1S/C28H22BrClF2N4O3S/c29-20-13-33-36-9-10-39-28-19(25(20)36)12-24(40-28)26(37)34-23-14-35(27(38)15-1-4-17(30)5-2-15)8-7-18(23)16-3-6-21(31)22(32)11-16/h1-6,11-13,18,23H,7-10,14H2,(H,34,37)/t18-,23+/m0/s1. The molecule has 2 aromatic heterocycles. The third kappa shape index (κ3) is 5.13. The maximum absolute atomic E-state index is 14.2. The van der Waals surface area contributed by atoms with Gasteiger partial charge in [-0.25, -0.2) is 8.78 Å². The van der Waals surface area contributed by atoms with Gasteiger partial charge in [0.05, 0.1) is 39.4 Å². The number of hydrogen-bond donors (Lipinski definition) is 1. The number of halogens is 4. The van der Waals surface area contributed by atoms with Crippen molar-refractivity contribution in [1.29, 1.82) is 0 Å². The van der Waals surface area contributed by atoms with Crippen LogP contribution in [0.5, 0.6) is 5.06 Å². The molecule has 0 spiro atoms. The Bertz CT molecular complexity index is 1610. The molecule has 206 valence electrons. The van der Waals surface area contributed by atoms with Gasteiger partial charge in [0.15, 0.2) is 16.7 Å². The highest BCUT2D eigenvalue weighted by atomic mass is 79.9. The zero-order chi connectivity index (χ0) is 28.0. The van der Waals surface area contributed by atoms with Crippen molar-refractivity contribution in [2.24, 2.45) is 0 Å². The molecule has 1 saturated heterocycles. The fourth-order valence-corrected chi connectivity index (χ4v) is 6.79. The van der Waals surface area contributed by atoms with E-state index >= 15 is 0 Å². The second-order valence-corrected chi connectivity index (χ2v) is 11.9. The maximum atomic E-state index is 14.2. The number of carbonyl (C=O) groups excluding carboxylic acids is 2. The molecular weight excluding hydrogens is 626 g/mol. The number of hydrogen-bond acceptors (Lipinski definition) is 5. The van der Waals surface area contributed by atoms with Gasteiger partial charge < -0.3 is 15.0 Å². The van der Waals surface area contributed by atoms with Crippen LogP contribution in [0.4, 0.5) is 8.78 Å². The SMILES string of the molecule is O=C(N[C@@H]1CN(C(=O)c2ccc(Cl)cc2)CC[C@H]1c1ccc(F)c(F)c1)c1cc2c(s1)OCCn1ncc(Br)c1-2. The van der Waals surface area contributed by atoms with Crippen LogP contribution in [0.2, 0.25) is 5.02 Å². The highest BCUT2D eigenvalue weighted by Gasteiger charge is 2.35. The van der Waals surface area contributed by atoms with Crippen LogP contribution in [-0.2, 0) is 6.54 Å². The summed E-state index contributed by atoms with van der Waals surface area (Å²) in [4.78, 5) is 29.0. The van der Waals surface area contributed by atoms with Crippen LogP contribution in [0.3, 0.4) is 0 Å². The molecule has 12 heteroatoms. The molecular formula is C28H22BrClF2N4O3S. The number of thiophene rings is 1. The summed E-state index contributed by atoms with van der Waals surface area (Å²) in [6.07, 6.45) is 2.16. The summed E-state index contributed by atoms with van der Waals surface area (Å²) in [6.45, 7) is 1.57. The van der Waals surface area contributed by atoms with Gasteiger partial charge in [-0.15, -0.1) is 0 Å². The molecule has 0 unspecified atom stereocenters. The number of piperidine rings is 1. The minimum Gasteiger partial charge on any atom is -0.481 e.